The zero-order chi connectivity index (χ0) is 22.4. The Morgan fingerprint density at radius 1 is 0.875 bits per heavy atom. The fourth-order valence-electron chi connectivity index (χ4n) is 9.38. The van der Waals surface area contributed by atoms with E-state index in [1.54, 1.807) is 13.2 Å². The second-order valence-electron chi connectivity index (χ2n) is 12.1. The van der Waals surface area contributed by atoms with E-state index in [2.05, 4.69) is 13.8 Å². The van der Waals surface area contributed by atoms with Crippen molar-refractivity contribution in [3.05, 3.63) is 19.8 Å². The summed E-state index contributed by atoms with van der Waals surface area (Å²) in [6.45, 7) is 11.8. The van der Waals surface area contributed by atoms with Gasteiger partial charge in [-0.25, -0.2) is 4.79 Å². The summed E-state index contributed by atoms with van der Waals surface area (Å²) in [5.74, 6) is 0.834. The Morgan fingerprint density at radius 2 is 1.62 bits per heavy atom. The average Bonchev–Trinajstić information content (AvgIpc) is 3.46. The second-order valence-corrected chi connectivity index (χ2v) is 12.1. The van der Waals surface area contributed by atoms with Crippen molar-refractivity contribution in [2.24, 2.45) is 40.4 Å². The van der Waals surface area contributed by atoms with Crippen molar-refractivity contribution < 1.29 is 28.8 Å². The summed E-state index contributed by atoms with van der Waals surface area (Å²) in [4.78, 5) is 11.5. The summed E-state index contributed by atoms with van der Waals surface area (Å²) in [6, 6.07) is 0. The number of carboxylic acid groups (broad SMARTS) is 1. The van der Waals surface area contributed by atoms with Gasteiger partial charge >= 0.3 is 5.97 Å². The number of carboxylic acids is 1. The lowest BCUT2D eigenvalue weighted by atomic mass is 9.44. The fraction of sp³-hybridized carbons (Fsp3) is 0.846. The first kappa shape index (κ1) is 21.8. The molecule has 0 amide bonds. The van der Waals surface area contributed by atoms with Gasteiger partial charge < -0.3 is 24.1 Å². The fourth-order valence-corrected chi connectivity index (χ4v) is 9.38. The molecule has 2 aliphatic heterocycles. The molecule has 4 aliphatic carbocycles. The SMILES string of the molecule is CC1([C@H]2CC[C@H]3[C@@H]4CCC5CC6(CC[C@]5(C)[C@H]4CC[C@]23C)O[CH][CH]O6)O[CH]C(C(=O)O)O1. The molecule has 2 heterocycles. The molecule has 0 aromatic heterocycles. The molecule has 0 aromatic rings. The molecule has 3 unspecified atom stereocenters. The Morgan fingerprint density at radius 3 is 2.34 bits per heavy atom. The first-order chi connectivity index (χ1) is 15.2. The molecule has 6 aliphatic rings. The first-order valence-corrected chi connectivity index (χ1v) is 12.6. The van der Waals surface area contributed by atoms with Gasteiger partial charge in [0.15, 0.2) is 17.7 Å². The van der Waals surface area contributed by atoms with Crippen LogP contribution in [0.2, 0.25) is 0 Å². The molecular formula is C26H37O6. The molecule has 6 rings (SSSR count). The smallest absolute Gasteiger partial charge is 0.335 e. The molecule has 6 nitrogen and oxygen atoms in total. The zero-order valence-corrected chi connectivity index (χ0v) is 19.5. The lowest BCUT2D eigenvalue weighted by Gasteiger charge is -2.62. The van der Waals surface area contributed by atoms with Crippen molar-refractivity contribution in [3.8, 4) is 0 Å². The number of carbonyl (C=O) groups is 1. The Balaban J connectivity index is 1.22. The Kier molecular flexibility index (Phi) is 4.88. The average molecular weight is 446 g/mol. The number of rotatable bonds is 2. The molecule has 1 spiro atoms. The zero-order valence-electron chi connectivity index (χ0n) is 19.5. The maximum absolute atomic E-state index is 11.5. The van der Waals surface area contributed by atoms with E-state index in [1.165, 1.54) is 45.1 Å². The molecule has 32 heavy (non-hydrogen) atoms. The highest BCUT2D eigenvalue weighted by molar-refractivity contribution is 5.74. The number of hydrogen-bond donors (Lipinski definition) is 1. The maximum atomic E-state index is 11.5. The van der Waals surface area contributed by atoms with Gasteiger partial charge in [0.05, 0.1) is 0 Å². The Labute approximate surface area is 191 Å². The van der Waals surface area contributed by atoms with E-state index in [4.69, 9.17) is 18.9 Å². The molecular weight excluding hydrogens is 408 g/mol. The quantitative estimate of drug-likeness (QED) is 0.638. The highest BCUT2D eigenvalue weighted by atomic mass is 16.8. The standard InChI is InChI=1S/C26H37O6/c1-23-10-11-26(29-12-13-30-26)14-16(23)4-5-17-18-6-7-21(24(18,2)9-8-19(17)23)25(3)31-15-20(32-25)22(27)28/h12-13,15-21H,4-11,14H2,1-3H3,(H,27,28)/t16?,17-,18-,19-,20?,21-,23-,24-,25?/m0/s1. The molecule has 6 fully saturated rings. The van der Waals surface area contributed by atoms with Crippen LogP contribution in [-0.2, 0) is 23.7 Å². The highest BCUT2D eigenvalue weighted by Gasteiger charge is 2.65. The van der Waals surface area contributed by atoms with Crippen LogP contribution in [0.3, 0.4) is 0 Å². The molecule has 6 heteroatoms. The van der Waals surface area contributed by atoms with Crippen LogP contribution in [0.25, 0.3) is 0 Å². The lowest BCUT2D eigenvalue weighted by molar-refractivity contribution is -0.235. The summed E-state index contributed by atoms with van der Waals surface area (Å²) in [5, 5.41) is 9.40. The van der Waals surface area contributed by atoms with Crippen molar-refractivity contribution in [1.82, 2.24) is 0 Å². The molecule has 0 bridgehead atoms. The van der Waals surface area contributed by atoms with Crippen LogP contribution in [0.15, 0.2) is 0 Å². The third kappa shape index (κ3) is 2.95. The van der Waals surface area contributed by atoms with Crippen molar-refractivity contribution in [2.45, 2.75) is 96.2 Å². The number of fused-ring (bicyclic) bond motifs is 5. The van der Waals surface area contributed by atoms with Gasteiger partial charge in [-0.1, -0.05) is 13.8 Å². The van der Waals surface area contributed by atoms with Crippen molar-refractivity contribution in [3.63, 3.8) is 0 Å². The molecule has 3 radical (unpaired) electrons. The van der Waals surface area contributed by atoms with E-state index in [1.807, 2.05) is 6.92 Å². The van der Waals surface area contributed by atoms with Gasteiger partial charge in [0.25, 0.3) is 0 Å². The Bertz CT molecular complexity index is 778. The molecule has 0 aromatic carbocycles. The summed E-state index contributed by atoms with van der Waals surface area (Å²) >= 11 is 0. The lowest BCUT2D eigenvalue weighted by Crippen LogP contribution is -2.57. The van der Waals surface area contributed by atoms with Crippen LogP contribution < -0.4 is 0 Å². The van der Waals surface area contributed by atoms with Crippen LogP contribution in [0.1, 0.15) is 78.6 Å². The van der Waals surface area contributed by atoms with Crippen LogP contribution in [0, 0.1) is 60.2 Å². The summed E-state index contributed by atoms with van der Waals surface area (Å²) in [6.07, 6.45) is 9.41. The monoisotopic (exact) mass is 445 g/mol. The predicted octanol–water partition coefficient (Wildman–Crippen LogP) is 5.09. The molecule has 2 saturated heterocycles. The topological polar surface area (TPSA) is 74.2 Å². The third-order valence-electron chi connectivity index (χ3n) is 11.0. The van der Waals surface area contributed by atoms with E-state index in [0.717, 1.165) is 31.1 Å². The van der Waals surface area contributed by atoms with E-state index in [9.17, 15) is 9.90 Å². The van der Waals surface area contributed by atoms with E-state index in [-0.39, 0.29) is 11.3 Å². The number of hydrogen-bond acceptors (Lipinski definition) is 5. The summed E-state index contributed by atoms with van der Waals surface area (Å²) in [7, 11) is 0. The summed E-state index contributed by atoms with van der Waals surface area (Å²) < 4.78 is 23.8. The first-order valence-electron chi connectivity index (χ1n) is 12.6. The largest absolute Gasteiger partial charge is 0.479 e. The van der Waals surface area contributed by atoms with Gasteiger partial charge in [-0.05, 0) is 86.4 Å². The minimum absolute atomic E-state index is 0.137. The molecule has 1 N–H and O–H groups in total. The normalized spacial score (nSPS) is 54.2. The predicted molar refractivity (Wildman–Crippen MR) is 115 cm³/mol. The van der Waals surface area contributed by atoms with Crippen LogP contribution in [-0.4, -0.2) is 28.8 Å². The third-order valence-corrected chi connectivity index (χ3v) is 11.0. The van der Waals surface area contributed by atoms with Crippen LogP contribution >= 0.6 is 0 Å². The van der Waals surface area contributed by atoms with E-state index < -0.39 is 23.6 Å². The van der Waals surface area contributed by atoms with Gasteiger partial charge in [-0.3, -0.25) is 0 Å². The van der Waals surface area contributed by atoms with Crippen molar-refractivity contribution >= 4 is 5.97 Å². The van der Waals surface area contributed by atoms with Crippen molar-refractivity contribution in [2.75, 3.05) is 0 Å². The van der Waals surface area contributed by atoms with E-state index >= 15 is 0 Å². The van der Waals surface area contributed by atoms with Gasteiger partial charge in [0.2, 0.25) is 0 Å². The van der Waals surface area contributed by atoms with E-state index in [0.29, 0.717) is 17.3 Å². The van der Waals surface area contributed by atoms with Gasteiger partial charge in [0, 0.05) is 18.8 Å². The highest BCUT2D eigenvalue weighted by Crippen LogP contribution is 2.70. The Hall–Kier alpha value is -0.690. The maximum Gasteiger partial charge on any atom is 0.335 e. The minimum Gasteiger partial charge on any atom is -0.479 e. The van der Waals surface area contributed by atoms with Gasteiger partial charge in [-0.2, -0.15) is 0 Å². The number of ether oxygens (including phenoxy) is 4. The molecule has 177 valence electrons. The summed E-state index contributed by atoms with van der Waals surface area (Å²) in [5.41, 5.74) is 0.493. The van der Waals surface area contributed by atoms with Crippen molar-refractivity contribution in [1.29, 1.82) is 0 Å². The van der Waals surface area contributed by atoms with Crippen LogP contribution in [0.4, 0.5) is 0 Å². The second kappa shape index (κ2) is 7.16. The van der Waals surface area contributed by atoms with Gasteiger partial charge in [-0.15, -0.1) is 0 Å². The van der Waals surface area contributed by atoms with Gasteiger partial charge in [0.1, 0.15) is 19.8 Å². The minimum atomic E-state index is -0.969. The van der Waals surface area contributed by atoms with Crippen LogP contribution in [0.5, 0.6) is 0 Å². The number of aliphatic carboxylic acids is 1. The molecule has 4 saturated carbocycles. The molecule has 9 atom stereocenters.